The number of rotatable bonds is 9. The summed E-state index contributed by atoms with van der Waals surface area (Å²) < 4.78 is 0. The van der Waals surface area contributed by atoms with Crippen LogP contribution in [0.15, 0.2) is 11.0 Å². The summed E-state index contributed by atoms with van der Waals surface area (Å²) in [4.78, 5) is 24.8. The van der Waals surface area contributed by atoms with E-state index < -0.39 is 0 Å². The molecule has 1 unspecified atom stereocenters. The van der Waals surface area contributed by atoms with Gasteiger partial charge in [-0.25, -0.2) is 0 Å². The first-order chi connectivity index (χ1) is 9.69. The first kappa shape index (κ1) is 17.4. The van der Waals surface area contributed by atoms with Gasteiger partial charge in [0, 0.05) is 0 Å². The summed E-state index contributed by atoms with van der Waals surface area (Å²) in [6.45, 7) is 4.60. The monoisotopic (exact) mass is 297 g/mol. The predicted molar refractivity (Wildman–Crippen MR) is 86.0 cm³/mol. The fourth-order valence-corrected chi connectivity index (χ4v) is 3.20. The van der Waals surface area contributed by atoms with E-state index in [0.29, 0.717) is 11.4 Å². The molecule has 0 saturated carbocycles. The highest BCUT2D eigenvalue weighted by Gasteiger charge is 2.23. The molecule has 0 bridgehead atoms. The minimum absolute atomic E-state index is 0.0674. The number of ketones is 2. The highest BCUT2D eigenvalue weighted by Crippen LogP contribution is 2.21. The molecule has 0 fully saturated rings. The smallest absolute Gasteiger partial charge is 0.183 e. The van der Waals surface area contributed by atoms with Crippen molar-refractivity contribution in [3.63, 3.8) is 0 Å². The average molecular weight is 297 g/mol. The molecule has 1 heterocycles. The molecule has 20 heavy (non-hydrogen) atoms. The Bertz CT molecular complexity index is 352. The highest BCUT2D eigenvalue weighted by molar-refractivity contribution is 8.04. The normalized spacial score (nSPS) is 19.9. The second kappa shape index (κ2) is 10.2. The summed E-state index contributed by atoms with van der Waals surface area (Å²) in [6.07, 6.45) is 9.27. The van der Waals surface area contributed by atoms with E-state index in [2.05, 4.69) is 19.2 Å². The number of Topliss-reactive ketones (excluding diaryl/α,β-unsaturated/α-hetero) is 1. The molecule has 0 amide bonds. The number of carbonyl (C=O) groups excluding carboxylic acids is 2. The van der Waals surface area contributed by atoms with Crippen LogP contribution in [0.4, 0.5) is 0 Å². The second-order valence-electron chi connectivity index (χ2n) is 5.32. The standard InChI is InChI=1S/C16H27NO2S/c1-3-5-7-8-10-20-16-11-14(18)13(9-6-4-2)17-12-15(16)19/h11,13,17H,3-10,12H2,1-2H3. The average Bonchev–Trinajstić information content (AvgIpc) is 2.57. The van der Waals surface area contributed by atoms with Crippen LogP contribution in [-0.4, -0.2) is 29.9 Å². The third-order valence-corrected chi connectivity index (χ3v) is 4.65. The topological polar surface area (TPSA) is 46.2 Å². The Kier molecular flexibility index (Phi) is 8.86. The van der Waals surface area contributed by atoms with Crippen molar-refractivity contribution in [3.8, 4) is 0 Å². The molecule has 1 atom stereocenters. The van der Waals surface area contributed by atoms with E-state index in [0.717, 1.165) is 31.4 Å². The van der Waals surface area contributed by atoms with Gasteiger partial charge < -0.3 is 0 Å². The van der Waals surface area contributed by atoms with Gasteiger partial charge >= 0.3 is 0 Å². The van der Waals surface area contributed by atoms with E-state index in [1.54, 1.807) is 17.8 Å². The largest absolute Gasteiger partial charge is 0.300 e. The van der Waals surface area contributed by atoms with Crippen molar-refractivity contribution < 1.29 is 9.59 Å². The van der Waals surface area contributed by atoms with Crippen LogP contribution in [0.25, 0.3) is 0 Å². The third-order valence-electron chi connectivity index (χ3n) is 3.50. The molecule has 114 valence electrons. The molecule has 1 N–H and O–H groups in total. The van der Waals surface area contributed by atoms with E-state index in [-0.39, 0.29) is 17.6 Å². The van der Waals surface area contributed by atoms with Crippen LogP contribution in [0, 0.1) is 0 Å². The van der Waals surface area contributed by atoms with Gasteiger partial charge in [-0.3, -0.25) is 14.9 Å². The highest BCUT2D eigenvalue weighted by atomic mass is 32.2. The summed E-state index contributed by atoms with van der Waals surface area (Å²) in [7, 11) is 0. The SMILES string of the molecule is CCCCCCSC1=CC(=O)C(CCCC)NCC1=O. The van der Waals surface area contributed by atoms with Crippen molar-refractivity contribution in [3.05, 3.63) is 11.0 Å². The molecule has 4 heteroatoms. The van der Waals surface area contributed by atoms with Gasteiger partial charge in [-0.05, 0) is 24.7 Å². The summed E-state index contributed by atoms with van der Waals surface area (Å²) in [6, 6.07) is -0.169. The number of thioether (sulfide) groups is 1. The number of unbranched alkanes of at least 4 members (excludes halogenated alkanes) is 4. The Hall–Kier alpha value is -0.610. The van der Waals surface area contributed by atoms with Crippen molar-refractivity contribution in [2.75, 3.05) is 12.3 Å². The van der Waals surface area contributed by atoms with Crippen molar-refractivity contribution in [1.82, 2.24) is 5.32 Å². The molecule has 1 aliphatic heterocycles. The van der Waals surface area contributed by atoms with Crippen LogP contribution in [0.1, 0.15) is 58.8 Å². The Morgan fingerprint density at radius 3 is 2.60 bits per heavy atom. The minimum atomic E-state index is -0.169. The van der Waals surface area contributed by atoms with Gasteiger partial charge in [-0.1, -0.05) is 46.0 Å². The maximum Gasteiger partial charge on any atom is 0.183 e. The Balaban J connectivity index is 2.47. The van der Waals surface area contributed by atoms with Crippen LogP contribution in [0.3, 0.4) is 0 Å². The fraction of sp³-hybridized carbons (Fsp3) is 0.750. The summed E-state index contributed by atoms with van der Waals surface area (Å²) in [5.74, 6) is 1.07. The van der Waals surface area contributed by atoms with Gasteiger partial charge in [0.1, 0.15) is 0 Å². The fourth-order valence-electron chi connectivity index (χ4n) is 2.20. The van der Waals surface area contributed by atoms with E-state index >= 15 is 0 Å². The Morgan fingerprint density at radius 1 is 1.15 bits per heavy atom. The number of hydrogen-bond acceptors (Lipinski definition) is 4. The summed E-state index contributed by atoms with van der Waals surface area (Å²) in [5.41, 5.74) is 0. The quantitative estimate of drug-likeness (QED) is 0.662. The van der Waals surface area contributed by atoms with E-state index in [4.69, 9.17) is 0 Å². The van der Waals surface area contributed by atoms with Crippen molar-refractivity contribution in [2.45, 2.75) is 64.8 Å². The molecule has 3 nitrogen and oxygen atoms in total. The zero-order valence-corrected chi connectivity index (χ0v) is 13.6. The van der Waals surface area contributed by atoms with Crippen molar-refractivity contribution in [1.29, 1.82) is 0 Å². The van der Waals surface area contributed by atoms with Gasteiger partial charge in [0.25, 0.3) is 0 Å². The van der Waals surface area contributed by atoms with Crippen LogP contribution in [0.5, 0.6) is 0 Å². The molecule has 1 rings (SSSR count). The molecular formula is C16H27NO2S. The molecule has 0 aromatic rings. The Labute approximate surface area is 127 Å². The number of hydrogen-bond donors (Lipinski definition) is 1. The first-order valence-corrected chi connectivity index (χ1v) is 8.82. The van der Waals surface area contributed by atoms with Gasteiger partial charge in [0.05, 0.1) is 17.5 Å². The minimum Gasteiger partial charge on any atom is -0.300 e. The maximum absolute atomic E-state index is 12.1. The van der Waals surface area contributed by atoms with Crippen LogP contribution < -0.4 is 5.32 Å². The molecule has 0 saturated heterocycles. The van der Waals surface area contributed by atoms with E-state index in [1.165, 1.54) is 19.3 Å². The lowest BCUT2D eigenvalue weighted by Gasteiger charge is -2.12. The number of nitrogens with one attached hydrogen (secondary N) is 1. The molecule has 0 aliphatic carbocycles. The van der Waals surface area contributed by atoms with Crippen LogP contribution in [0.2, 0.25) is 0 Å². The predicted octanol–water partition coefficient (Wildman–Crippen LogP) is 3.48. The molecule has 0 aromatic heterocycles. The lowest BCUT2D eigenvalue weighted by molar-refractivity contribution is -0.116. The van der Waals surface area contributed by atoms with Gasteiger partial charge in [-0.2, -0.15) is 0 Å². The lowest BCUT2D eigenvalue weighted by Crippen LogP contribution is -2.36. The molecule has 0 aromatic carbocycles. The van der Waals surface area contributed by atoms with Crippen LogP contribution in [-0.2, 0) is 9.59 Å². The zero-order chi connectivity index (χ0) is 14.8. The van der Waals surface area contributed by atoms with Gasteiger partial charge in [0.2, 0.25) is 0 Å². The van der Waals surface area contributed by atoms with E-state index in [9.17, 15) is 9.59 Å². The lowest BCUT2D eigenvalue weighted by atomic mass is 10.1. The summed E-state index contributed by atoms with van der Waals surface area (Å²) >= 11 is 1.55. The zero-order valence-electron chi connectivity index (χ0n) is 12.7. The van der Waals surface area contributed by atoms with Crippen molar-refractivity contribution >= 4 is 23.3 Å². The number of carbonyl (C=O) groups is 2. The molecule has 0 radical (unpaired) electrons. The molecule has 1 aliphatic rings. The second-order valence-corrected chi connectivity index (χ2v) is 6.46. The van der Waals surface area contributed by atoms with E-state index in [1.807, 2.05) is 0 Å². The summed E-state index contributed by atoms with van der Waals surface area (Å²) in [5, 5.41) is 3.09. The molecule has 0 spiro atoms. The van der Waals surface area contributed by atoms with Gasteiger partial charge in [-0.15, -0.1) is 11.8 Å². The van der Waals surface area contributed by atoms with Gasteiger partial charge in [0.15, 0.2) is 11.6 Å². The Morgan fingerprint density at radius 2 is 1.90 bits per heavy atom. The van der Waals surface area contributed by atoms with Crippen molar-refractivity contribution in [2.24, 2.45) is 0 Å². The maximum atomic E-state index is 12.1. The van der Waals surface area contributed by atoms with Crippen LogP contribution >= 0.6 is 11.8 Å². The molecular weight excluding hydrogens is 270 g/mol. The first-order valence-electron chi connectivity index (χ1n) is 7.84. The third kappa shape index (κ3) is 6.23.